The predicted molar refractivity (Wildman–Crippen MR) is 63.7 cm³/mol. The maximum atomic E-state index is 12.5. The van der Waals surface area contributed by atoms with Crippen molar-refractivity contribution in [2.75, 3.05) is 0 Å². The molecule has 4 nitrogen and oxygen atoms in total. The summed E-state index contributed by atoms with van der Waals surface area (Å²) in [5, 5.41) is 9.15. The minimum Gasteiger partial charge on any atom is -0.381 e. The Balaban J connectivity index is 2.26. The second kappa shape index (κ2) is 5.30. The second-order valence-electron chi connectivity index (χ2n) is 3.98. The number of aliphatic hydroxyl groups is 1. The van der Waals surface area contributed by atoms with Crippen molar-refractivity contribution in [2.24, 2.45) is 0 Å². The average molecular weight is 291 g/mol. The third kappa shape index (κ3) is 2.95. The molecule has 2 heterocycles. The van der Waals surface area contributed by atoms with Crippen LogP contribution in [0.1, 0.15) is 35.0 Å². The van der Waals surface area contributed by atoms with E-state index >= 15 is 0 Å². The predicted octanol–water partition coefficient (Wildman–Crippen LogP) is 2.85. The maximum absolute atomic E-state index is 12.5. The van der Waals surface area contributed by atoms with Crippen molar-refractivity contribution in [2.45, 2.75) is 32.2 Å². The van der Waals surface area contributed by atoms with Crippen LogP contribution >= 0.6 is 11.3 Å². The number of hydrogen-bond donors (Lipinski definition) is 1. The van der Waals surface area contributed by atoms with Crippen LogP contribution < -0.4 is 0 Å². The highest BCUT2D eigenvalue weighted by Gasteiger charge is 2.35. The zero-order chi connectivity index (χ0) is 14.0. The first-order valence-electron chi connectivity index (χ1n) is 5.64. The van der Waals surface area contributed by atoms with E-state index in [9.17, 15) is 18.3 Å². The van der Waals surface area contributed by atoms with Crippen molar-refractivity contribution < 1.29 is 18.3 Å². The molecular weight excluding hydrogens is 279 g/mol. The van der Waals surface area contributed by atoms with Gasteiger partial charge in [-0.3, -0.25) is 0 Å². The Morgan fingerprint density at radius 3 is 2.74 bits per heavy atom. The number of rotatable bonds is 4. The topological polar surface area (TPSA) is 50.9 Å². The fraction of sp³-hybridized carbons (Fsp3) is 0.455. The van der Waals surface area contributed by atoms with E-state index in [1.165, 1.54) is 6.20 Å². The van der Waals surface area contributed by atoms with Crippen molar-refractivity contribution in [3.05, 3.63) is 34.3 Å². The van der Waals surface area contributed by atoms with Gasteiger partial charge < -0.3 is 9.67 Å². The summed E-state index contributed by atoms with van der Waals surface area (Å²) in [6.45, 7) is 2.61. The van der Waals surface area contributed by atoms with Gasteiger partial charge in [0.1, 0.15) is 6.10 Å². The fourth-order valence-corrected chi connectivity index (χ4v) is 2.46. The van der Waals surface area contributed by atoms with Crippen molar-refractivity contribution in [1.82, 2.24) is 14.5 Å². The second-order valence-corrected chi connectivity index (χ2v) is 5.04. The molecule has 1 N–H and O–H groups in total. The molecule has 0 aromatic carbocycles. The van der Waals surface area contributed by atoms with Gasteiger partial charge in [-0.1, -0.05) is 6.92 Å². The van der Waals surface area contributed by atoms with E-state index in [4.69, 9.17) is 0 Å². The van der Waals surface area contributed by atoms with E-state index in [0.717, 1.165) is 12.6 Å². The molecular formula is C11H12F3N3OS. The Morgan fingerprint density at radius 2 is 2.16 bits per heavy atom. The number of aryl methyl sites for hydroxylation is 1. The Morgan fingerprint density at radius 1 is 1.42 bits per heavy atom. The van der Waals surface area contributed by atoms with Gasteiger partial charge in [-0.05, 0) is 6.42 Å². The minimum absolute atomic E-state index is 0.158. The number of alkyl halides is 3. The number of nitrogens with zero attached hydrogens (tertiary/aromatic N) is 3. The number of hydrogen-bond acceptors (Lipinski definition) is 4. The van der Waals surface area contributed by atoms with Crippen molar-refractivity contribution in [3.8, 4) is 0 Å². The van der Waals surface area contributed by atoms with Crippen LogP contribution in [0, 0.1) is 0 Å². The summed E-state index contributed by atoms with van der Waals surface area (Å²) in [6.07, 6.45) is -0.718. The lowest BCUT2D eigenvalue weighted by molar-refractivity contribution is -0.137. The summed E-state index contributed by atoms with van der Waals surface area (Å²) >= 11 is 0.446. The van der Waals surface area contributed by atoms with Crippen LogP contribution in [0.2, 0.25) is 0 Å². The number of halogens is 3. The Labute approximate surface area is 111 Å². The summed E-state index contributed by atoms with van der Waals surface area (Å²) in [5.41, 5.74) is 0.472. The molecule has 0 aliphatic rings. The molecule has 0 fully saturated rings. The molecule has 0 saturated heterocycles. The number of aliphatic hydroxyl groups excluding tert-OH is 1. The molecule has 8 heteroatoms. The molecule has 0 bridgehead atoms. The molecule has 19 heavy (non-hydrogen) atoms. The van der Waals surface area contributed by atoms with Crippen LogP contribution in [-0.2, 0) is 12.7 Å². The van der Waals surface area contributed by atoms with Gasteiger partial charge in [0.15, 0.2) is 5.01 Å². The van der Waals surface area contributed by atoms with Gasteiger partial charge in [0, 0.05) is 12.7 Å². The maximum Gasteiger partial charge on any atom is 0.443 e. The summed E-state index contributed by atoms with van der Waals surface area (Å²) in [7, 11) is 0. The zero-order valence-electron chi connectivity index (χ0n) is 10.1. The van der Waals surface area contributed by atoms with Gasteiger partial charge in [0.25, 0.3) is 0 Å². The van der Waals surface area contributed by atoms with Gasteiger partial charge in [-0.25, -0.2) is 9.97 Å². The van der Waals surface area contributed by atoms with E-state index in [2.05, 4.69) is 9.97 Å². The molecule has 0 radical (unpaired) electrons. The molecule has 1 atom stereocenters. The fourth-order valence-electron chi connectivity index (χ4n) is 1.68. The minimum atomic E-state index is -4.48. The largest absolute Gasteiger partial charge is 0.443 e. The Bertz CT molecular complexity index is 549. The first-order valence-corrected chi connectivity index (χ1v) is 6.46. The number of thiazole rings is 1. The van der Waals surface area contributed by atoms with Crippen molar-refractivity contribution in [3.63, 3.8) is 0 Å². The molecule has 2 aromatic heterocycles. The summed E-state index contributed by atoms with van der Waals surface area (Å²) in [5.74, 6) is 0. The zero-order valence-corrected chi connectivity index (χ0v) is 10.9. The Hall–Kier alpha value is -1.41. The molecule has 104 valence electrons. The Kier molecular flexibility index (Phi) is 3.91. The van der Waals surface area contributed by atoms with E-state index in [-0.39, 0.29) is 4.88 Å². The lowest BCUT2D eigenvalue weighted by Crippen LogP contribution is -2.07. The normalized spacial score (nSPS) is 13.7. The summed E-state index contributed by atoms with van der Waals surface area (Å²) in [4.78, 5) is 7.36. The third-order valence-electron chi connectivity index (χ3n) is 2.52. The highest BCUT2D eigenvalue weighted by Crippen LogP contribution is 2.35. The average Bonchev–Trinajstić information content (AvgIpc) is 2.96. The van der Waals surface area contributed by atoms with E-state index < -0.39 is 17.3 Å². The van der Waals surface area contributed by atoms with Crippen LogP contribution in [0.25, 0.3) is 0 Å². The summed E-state index contributed by atoms with van der Waals surface area (Å²) in [6, 6.07) is 0. The molecule has 1 unspecified atom stereocenters. The van der Waals surface area contributed by atoms with E-state index in [1.54, 1.807) is 10.9 Å². The number of aromatic nitrogens is 3. The van der Waals surface area contributed by atoms with Gasteiger partial charge in [0.05, 0.1) is 23.1 Å². The number of imidazole rings is 1. The quantitative estimate of drug-likeness (QED) is 0.942. The first-order chi connectivity index (χ1) is 8.93. The van der Waals surface area contributed by atoms with Crippen LogP contribution in [0.3, 0.4) is 0 Å². The van der Waals surface area contributed by atoms with Gasteiger partial charge in [0.2, 0.25) is 0 Å². The summed E-state index contributed by atoms with van der Waals surface area (Å²) < 4.78 is 39.1. The van der Waals surface area contributed by atoms with Crippen molar-refractivity contribution >= 4 is 11.3 Å². The molecule has 2 rings (SSSR count). The van der Waals surface area contributed by atoms with Gasteiger partial charge >= 0.3 is 6.18 Å². The molecule has 2 aromatic rings. The van der Waals surface area contributed by atoms with Gasteiger partial charge in [-0.15, -0.1) is 11.3 Å². The first kappa shape index (κ1) is 14.0. The van der Waals surface area contributed by atoms with Crippen molar-refractivity contribution in [1.29, 1.82) is 0 Å². The van der Waals surface area contributed by atoms with E-state index in [1.807, 2.05) is 6.92 Å². The van der Waals surface area contributed by atoms with Crippen LogP contribution in [0.5, 0.6) is 0 Å². The molecule has 0 spiro atoms. The van der Waals surface area contributed by atoms with Crippen LogP contribution in [0.15, 0.2) is 18.7 Å². The van der Waals surface area contributed by atoms with Gasteiger partial charge in [-0.2, -0.15) is 13.2 Å². The molecule has 0 amide bonds. The highest BCUT2D eigenvalue weighted by molar-refractivity contribution is 7.11. The highest BCUT2D eigenvalue weighted by atomic mass is 32.1. The third-order valence-corrected chi connectivity index (χ3v) is 3.62. The lowest BCUT2D eigenvalue weighted by Gasteiger charge is -2.11. The smallest absolute Gasteiger partial charge is 0.381 e. The van der Waals surface area contributed by atoms with E-state index in [0.29, 0.717) is 23.6 Å². The molecule has 0 saturated carbocycles. The van der Waals surface area contributed by atoms with Crippen LogP contribution in [0.4, 0.5) is 13.2 Å². The standard InChI is InChI=1S/C11H12F3N3OS/c1-2-3-17-6-15-4-7(17)9(18)8-5-16-10(19-8)11(12,13)14/h4-6,9,18H,2-3H2,1H3. The molecule has 0 aliphatic carbocycles. The molecule has 0 aliphatic heterocycles. The monoisotopic (exact) mass is 291 g/mol. The SMILES string of the molecule is CCCn1cncc1C(O)c1cnc(C(F)(F)F)s1. The van der Waals surface area contributed by atoms with Crippen LogP contribution in [-0.4, -0.2) is 19.6 Å². The lowest BCUT2D eigenvalue weighted by atomic mass is 10.2.